The summed E-state index contributed by atoms with van der Waals surface area (Å²) in [5.41, 5.74) is 2.56. The molecule has 7 heteroatoms. The van der Waals surface area contributed by atoms with Crippen LogP contribution in [0.3, 0.4) is 0 Å². The third-order valence-electron chi connectivity index (χ3n) is 4.75. The Morgan fingerprint density at radius 3 is 2.57 bits per heavy atom. The van der Waals surface area contributed by atoms with Crippen molar-refractivity contribution in [2.75, 3.05) is 37.5 Å². The van der Waals surface area contributed by atoms with E-state index in [1.165, 1.54) is 7.11 Å². The van der Waals surface area contributed by atoms with Crippen LogP contribution in [0.2, 0.25) is 0 Å². The van der Waals surface area contributed by atoms with Gasteiger partial charge in [-0.15, -0.1) is 0 Å². The molecule has 3 rings (SSSR count). The molecule has 1 fully saturated rings. The fourth-order valence-electron chi connectivity index (χ4n) is 3.28. The Morgan fingerprint density at radius 2 is 1.89 bits per heavy atom. The Hall–Kier alpha value is -3.22. The minimum atomic E-state index is -0.354. The number of rotatable bonds is 6. The highest BCUT2D eigenvalue weighted by atomic mass is 16.5. The number of urea groups is 1. The Kier molecular flexibility index (Phi) is 6.03. The molecule has 2 N–H and O–H groups in total. The number of carbonyl (C=O) groups excluding carboxylic acids is 2. The molecule has 1 atom stereocenters. The van der Waals surface area contributed by atoms with Crippen molar-refractivity contribution in [3.8, 4) is 11.5 Å². The maximum atomic E-state index is 12.3. The molecule has 0 saturated carbocycles. The van der Waals surface area contributed by atoms with Gasteiger partial charge in [-0.2, -0.15) is 0 Å². The number of ether oxygens (including phenoxy) is 2. The maximum absolute atomic E-state index is 12.3. The molecule has 0 bridgehead atoms. The number of nitrogens with zero attached hydrogens (tertiary/aromatic N) is 1. The summed E-state index contributed by atoms with van der Waals surface area (Å²) in [6, 6.07) is 12.8. The molecular formula is C21H25N3O4. The number of aryl methyl sites for hydroxylation is 1. The first kappa shape index (κ1) is 19.5. The molecule has 0 aliphatic carbocycles. The molecule has 1 aliphatic heterocycles. The van der Waals surface area contributed by atoms with Crippen LogP contribution in [-0.4, -0.2) is 39.2 Å². The van der Waals surface area contributed by atoms with Gasteiger partial charge in [0.25, 0.3) is 0 Å². The highest BCUT2D eigenvalue weighted by Gasteiger charge is 2.30. The number of anilines is 2. The summed E-state index contributed by atoms with van der Waals surface area (Å²) in [6.07, 6.45) is 0.413. The summed E-state index contributed by atoms with van der Waals surface area (Å²) in [6.45, 7) is 3.01. The zero-order valence-electron chi connectivity index (χ0n) is 16.3. The van der Waals surface area contributed by atoms with E-state index in [2.05, 4.69) is 10.6 Å². The van der Waals surface area contributed by atoms with Crippen molar-refractivity contribution in [3.63, 3.8) is 0 Å². The number of methoxy groups -OCH3 is 2. The van der Waals surface area contributed by atoms with Gasteiger partial charge in [-0.3, -0.25) is 4.79 Å². The summed E-state index contributed by atoms with van der Waals surface area (Å²) >= 11 is 0. The highest BCUT2D eigenvalue weighted by molar-refractivity contribution is 5.96. The molecule has 0 unspecified atom stereocenters. The topological polar surface area (TPSA) is 79.9 Å². The smallest absolute Gasteiger partial charge is 0.319 e. The molecule has 1 aliphatic rings. The first-order chi connectivity index (χ1) is 13.5. The number of carbonyl (C=O) groups is 2. The molecule has 148 valence electrons. The lowest BCUT2D eigenvalue weighted by Crippen LogP contribution is -2.34. The number of hydrogen-bond acceptors (Lipinski definition) is 4. The largest absolute Gasteiger partial charge is 0.493 e. The van der Waals surface area contributed by atoms with Gasteiger partial charge >= 0.3 is 6.03 Å². The molecule has 7 nitrogen and oxygen atoms in total. The Labute approximate surface area is 164 Å². The molecule has 1 heterocycles. The van der Waals surface area contributed by atoms with Crippen molar-refractivity contribution in [2.24, 2.45) is 5.92 Å². The van der Waals surface area contributed by atoms with Crippen molar-refractivity contribution >= 4 is 23.3 Å². The molecular weight excluding hydrogens is 358 g/mol. The van der Waals surface area contributed by atoms with E-state index in [4.69, 9.17) is 9.47 Å². The van der Waals surface area contributed by atoms with Gasteiger partial charge in [-0.05, 0) is 31.2 Å². The lowest BCUT2D eigenvalue weighted by Gasteiger charge is -2.17. The second-order valence-corrected chi connectivity index (χ2v) is 6.79. The first-order valence-corrected chi connectivity index (χ1v) is 9.14. The second kappa shape index (κ2) is 8.65. The third-order valence-corrected chi connectivity index (χ3v) is 4.75. The lowest BCUT2D eigenvalue weighted by molar-refractivity contribution is -0.117. The first-order valence-electron chi connectivity index (χ1n) is 9.14. The van der Waals surface area contributed by atoms with E-state index in [-0.39, 0.29) is 17.9 Å². The van der Waals surface area contributed by atoms with Gasteiger partial charge in [0.2, 0.25) is 5.91 Å². The maximum Gasteiger partial charge on any atom is 0.319 e. The van der Waals surface area contributed by atoms with Gasteiger partial charge < -0.3 is 25.0 Å². The zero-order chi connectivity index (χ0) is 20.1. The summed E-state index contributed by atoms with van der Waals surface area (Å²) in [5.74, 6) is 1.13. The van der Waals surface area contributed by atoms with E-state index < -0.39 is 0 Å². The predicted molar refractivity (Wildman–Crippen MR) is 108 cm³/mol. The van der Waals surface area contributed by atoms with E-state index in [9.17, 15) is 9.59 Å². The number of amides is 3. The number of nitrogens with one attached hydrogen (secondary N) is 2. The van der Waals surface area contributed by atoms with Crippen molar-refractivity contribution in [2.45, 2.75) is 13.3 Å². The van der Waals surface area contributed by atoms with Crippen LogP contribution in [0.25, 0.3) is 0 Å². The molecule has 28 heavy (non-hydrogen) atoms. The van der Waals surface area contributed by atoms with Crippen molar-refractivity contribution < 1.29 is 19.1 Å². The van der Waals surface area contributed by atoms with Gasteiger partial charge in [-0.25, -0.2) is 4.79 Å². The van der Waals surface area contributed by atoms with E-state index >= 15 is 0 Å². The summed E-state index contributed by atoms with van der Waals surface area (Å²) in [5, 5.41) is 5.61. The average molecular weight is 383 g/mol. The minimum absolute atomic E-state index is 0.0618. The molecule has 0 radical (unpaired) electrons. The molecule has 0 spiro atoms. The highest BCUT2D eigenvalue weighted by Crippen LogP contribution is 2.34. The Balaban J connectivity index is 1.56. The Morgan fingerprint density at radius 1 is 1.14 bits per heavy atom. The van der Waals surface area contributed by atoms with Gasteiger partial charge in [0, 0.05) is 31.1 Å². The van der Waals surface area contributed by atoms with Gasteiger partial charge in [-0.1, -0.05) is 23.8 Å². The quantitative estimate of drug-likeness (QED) is 0.803. The van der Waals surface area contributed by atoms with Crippen LogP contribution in [0, 0.1) is 12.8 Å². The molecule has 1 saturated heterocycles. The SMILES string of the molecule is COc1cccc(NC(=O)NC[C@@H]2CC(=O)N(c3ccc(C)cc3)C2)c1OC. The second-order valence-electron chi connectivity index (χ2n) is 6.79. The van der Waals surface area contributed by atoms with Crippen LogP contribution in [0.1, 0.15) is 12.0 Å². The number of hydrogen-bond donors (Lipinski definition) is 2. The van der Waals surface area contributed by atoms with Crippen molar-refractivity contribution in [1.82, 2.24) is 5.32 Å². The number of benzene rings is 2. The van der Waals surface area contributed by atoms with Crippen LogP contribution in [-0.2, 0) is 4.79 Å². The van der Waals surface area contributed by atoms with Crippen LogP contribution in [0.5, 0.6) is 11.5 Å². The van der Waals surface area contributed by atoms with Crippen molar-refractivity contribution in [1.29, 1.82) is 0 Å². The van der Waals surface area contributed by atoms with E-state index in [0.717, 1.165) is 11.3 Å². The van der Waals surface area contributed by atoms with Gasteiger partial charge in [0.05, 0.1) is 19.9 Å². The molecule has 2 aromatic carbocycles. The summed E-state index contributed by atoms with van der Waals surface area (Å²) in [4.78, 5) is 26.4. The summed E-state index contributed by atoms with van der Waals surface area (Å²) < 4.78 is 10.5. The molecule has 2 aromatic rings. The molecule has 0 aromatic heterocycles. The normalized spacial score (nSPS) is 16.0. The van der Waals surface area contributed by atoms with Crippen LogP contribution < -0.4 is 25.0 Å². The van der Waals surface area contributed by atoms with Crippen LogP contribution in [0.4, 0.5) is 16.2 Å². The summed E-state index contributed by atoms with van der Waals surface area (Å²) in [7, 11) is 3.06. The van der Waals surface area contributed by atoms with Crippen molar-refractivity contribution in [3.05, 3.63) is 48.0 Å². The van der Waals surface area contributed by atoms with E-state index in [1.807, 2.05) is 31.2 Å². The monoisotopic (exact) mass is 383 g/mol. The number of para-hydroxylation sites is 1. The van der Waals surface area contributed by atoms with E-state index in [1.54, 1.807) is 30.2 Å². The average Bonchev–Trinajstić information content (AvgIpc) is 3.07. The zero-order valence-corrected chi connectivity index (χ0v) is 16.3. The van der Waals surface area contributed by atoms with Gasteiger partial charge in [0.1, 0.15) is 0 Å². The predicted octanol–water partition coefficient (Wildman–Crippen LogP) is 3.19. The standard InChI is InChI=1S/C21H25N3O4/c1-14-7-9-16(10-8-14)24-13-15(11-19(24)25)12-22-21(26)23-17-5-4-6-18(27-2)20(17)28-3/h4-10,15H,11-13H2,1-3H3,(H2,22,23,26)/t15-/m0/s1. The third kappa shape index (κ3) is 4.36. The Bertz CT molecular complexity index is 851. The van der Waals surface area contributed by atoms with Crippen LogP contribution >= 0.6 is 0 Å². The van der Waals surface area contributed by atoms with Crippen LogP contribution in [0.15, 0.2) is 42.5 Å². The minimum Gasteiger partial charge on any atom is -0.493 e. The fourth-order valence-corrected chi connectivity index (χ4v) is 3.28. The fraction of sp³-hybridized carbons (Fsp3) is 0.333. The lowest BCUT2D eigenvalue weighted by atomic mass is 10.1. The molecule has 3 amide bonds. The van der Waals surface area contributed by atoms with E-state index in [0.29, 0.717) is 36.7 Å². The van der Waals surface area contributed by atoms with Gasteiger partial charge in [0.15, 0.2) is 11.5 Å².